The summed E-state index contributed by atoms with van der Waals surface area (Å²) < 4.78 is 173. The number of carboxylic acid groups (broad SMARTS) is 1. The van der Waals surface area contributed by atoms with Gasteiger partial charge in [-0.15, -0.1) is 0 Å². The fourth-order valence-corrected chi connectivity index (χ4v) is 9.89. The number of halogens is 11. The maximum Gasteiger partial charge on any atom is 0.435 e. The van der Waals surface area contributed by atoms with Gasteiger partial charge >= 0.3 is 18.3 Å². The Labute approximate surface area is 365 Å². The van der Waals surface area contributed by atoms with Crippen LogP contribution in [0.4, 0.5) is 49.7 Å². The Kier molecular flexibility index (Phi) is 11.1. The van der Waals surface area contributed by atoms with E-state index in [1.807, 2.05) is 0 Å². The van der Waals surface area contributed by atoms with Gasteiger partial charge in [0.2, 0.25) is 21.8 Å². The predicted octanol–water partition coefficient (Wildman–Crippen LogP) is 7.83. The van der Waals surface area contributed by atoms with Crippen molar-refractivity contribution in [2.75, 3.05) is 10.6 Å². The van der Waals surface area contributed by atoms with E-state index in [2.05, 4.69) is 20.5 Å². The highest BCUT2D eigenvalue weighted by Gasteiger charge is 2.68. The molecule has 0 radical (unpaired) electrons. The zero-order valence-electron chi connectivity index (χ0n) is 33.4. The molecule has 0 saturated heterocycles. The van der Waals surface area contributed by atoms with Gasteiger partial charge in [-0.3, -0.25) is 28.7 Å². The number of carbonyl (C=O) groups excluding carboxylic acids is 2. The van der Waals surface area contributed by atoms with E-state index < -0.39 is 146 Å². The molecule has 8 rings (SSSR count). The Bertz CT molecular complexity index is 2910. The van der Waals surface area contributed by atoms with Gasteiger partial charge in [0.15, 0.2) is 11.5 Å². The van der Waals surface area contributed by atoms with Crippen molar-refractivity contribution >= 4 is 56.1 Å². The summed E-state index contributed by atoms with van der Waals surface area (Å²) in [5.41, 5.74) is -4.58. The first-order chi connectivity index (χ1) is 30.1. The maximum atomic E-state index is 15.4. The van der Waals surface area contributed by atoms with E-state index >= 15 is 8.78 Å². The van der Waals surface area contributed by atoms with Gasteiger partial charge in [0.25, 0.3) is 5.92 Å². The summed E-state index contributed by atoms with van der Waals surface area (Å²) in [5.74, 6) is -15.3. The first-order valence-electron chi connectivity index (χ1n) is 19.4. The van der Waals surface area contributed by atoms with Crippen LogP contribution in [0.2, 0.25) is 5.02 Å². The second kappa shape index (κ2) is 15.7. The minimum Gasteiger partial charge on any atom is -0.481 e. The fourth-order valence-electron chi connectivity index (χ4n) is 8.74. The lowest BCUT2D eigenvalue weighted by molar-refractivity contribution is -0.148. The highest BCUT2D eigenvalue weighted by molar-refractivity contribution is 7.92. The van der Waals surface area contributed by atoms with Crippen LogP contribution >= 0.6 is 11.6 Å². The van der Waals surface area contributed by atoms with Crippen molar-refractivity contribution in [1.82, 2.24) is 29.9 Å². The van der Waals surface area contributed by atoms with E-state index in [0.717, 1.165) is 18.2 Å². The molecule has 0 aliphatic heterocycles. The molecule has 3 atom stereocenters. The SMILES string of the molecule is Cc1ccc(-c2ccc(Cl)c3c(N(C(=O)[C@H]4C[C@H](C(=O)O)C4)S(C)(=O)=O)nn(CC(F)(F)F)c23)c([C@H](Cc2cc(F)cc(F)c2)NC(=O)Cn2nc(C(F)(F)F)c3c2C(F)(F)[C@@H]2C[C@H]32)n1. The van der Waals surface area contributed by atoms with Crippen molar-refractivity contribution in [2.24, 2.45) is 17.8 Å². The molecule has 346 valence electrons. The Morgan fingerprint density at radius 2 is 1.60 bits per heavy atom. The Balaban J connectivity index is 1.27. The first kappa shape index (κ1) is 45.8. The van der Waals surface area contributed by atoms with Crippen LogP contribution in [0.15, 0.2) is 42.5 Å². The number of aromatic nitrogens is 5. The number of aliphatic carboxylic acids is 1. The molecule has 5 aromatic rings. The van der Waals surface area contributed by atoms with Crippen molar-refractivity contribution in [3.8, 4) is 11.1 Å². The third-order valence-electron chi connectivity index (χ3n) is 11.6. The molecule has 0 unspecified atom stereocenters. The molecule has 2 fully saturated rings. The zero-order valence-corrected chi connectivity index (χ0v) is 35.0. The fraction of sp³-hybridized carbons (Fsp3) is 0.400. The van der Waals surface area contributed by atoms with Gasteiger partial charge in [-0.25, -0.2) is 17.2 Å². The van der Waals surface area contributed by atoms with E-state index in [1.165, 1.54) is 25.1 Å². The van der Waals surface area contributed by atoms with Gasteiger partial charge in [-0.2, -0.15) is 49.6 Å². The van der Waals surface area contributed by atoms with E-state index in [1.54, 1.807) is 0 Å². The van der Waals surface area contributed by atoms with Gasteiger partial charge in [0.1, 0.15) is 30.4 Å². The average Bonchev–Trinajstić information content (AvgIpc) is 3.65. The second-order valence-corrected chi connectivity index (χ2v) is 18.5. The molecular weight excluding hydrogens is 932 g/mol. The number of hydrogen-bond acceptors (Lipinski definition) is 8. The molecule has 25 heteroatoms. The number of anilines is 1. The molecule has 2 N–H and O–H groups in total. The smallest absolute Gasteiger partial charge is 0.435 e. The molecule has 3 aromatic heterocycles. The highest BCUT2D eigenvalue weighted by atomic mass is 35.5. The lowest BCUT2D eigenvalue weighted by Gasteiger charge is -2.33. The monoisotopic (exact) mass is 963 g/mol. The molecule has 13 nitrogen and oxygen atoms in total. The van der Waals surface area contributed by atoms with Crippen LogP contribution in [0.3, 0.4) is 0 Å². The number of sulfonamides is 1. The molecular formula is C40H32ClF10N7O6S. The van der Waals surface area contributed by atoms with Crippen LogP contribution in [0.5, 0.6) is 0 Å². The number of alkyl halides is 8. The number of nitrogens with zero attached hydrogens (tertiary/aromatic N) is 6. The average molecular weight is 964 g/mol. The van der Waals surface area contributed by atoms with Crippen molar-refractivity contribution in [3.63, 3.8) is 0 Å². The molecule has 3 aliphatic rings. The van der Waals surface area contributed by atoms with Crippen molar-refractivity contribution in [3.05, 3.63) is 93.0 Å². The minimum atomic E-state index is -5.17. The van der Waals surface area contributed by atoms with Crippen LogP contribution in [0.1, 0.15) is 65.1 Å². The van der Waals surface area contributed by atoms with Crippen LogP contribution in [-0.2, 0) is 56.0 Å². The summed E-state index contributed by atoms with van der Waals surface area (Å²) in [6.45, 7) is -1.69. The molecule has 0 bridgehead atoms. The zero-order chi connectivity index (χ0) is 47.5. The van der Waals surface area contributed by atoms with Crippen LogP contribution in [0, 0.1) is 36.3 Å². The maximum absolute atomic E-state index is 15.4. The molecule has 65 heavy (non-hydrogen) atoms. The van der Waals surface area contributed by atoms with Gasteiger partial charge in [0, 0.05) is 40.3 Å². The molecule has 3 heterocycles. The summed E-state index contributed by atoms with van der Waals surface area (Å²) >= 11 is 6.59. The number of aryl methyl sites for hydroxylation is 1. The number of rotatable bonds is 12. The normalized spacial score (nSPS) is 20.5. The number of benzene rings is 2. The van der Waals surface area contributed by atoms with E-state index in [9.17, 15) is 63.0 Å². The topological polar surface area (TPSA) is 169 Å². The van der Waals surface area contributed by atoms with Gasteiger partial charge < -0.3 is 10.4 Å². The summed E-state index contributed by atoms with van der Waals surface area (Å²) in [6.07, 6.45) is -11.1. The third-order valence-corrected chi connectivity index (χ3v) is 12.9. The van der Waals surface area contributed by atoms with Crippen LogP contribution in [0.25, 0.3) is 22.0 Å². The van der Waals surface area contributed by atoms with Crippen LogP contribution in [-0.4, -0.2) is 68.3 Å². The summed E-state index contributed by atoms with van der Waals surface area (Å²) in [4.78, 5) is 43.7. The van der Waals surface area contributed by atoms with E-state index in [4.69, 9.17) is 11.6 Å². The van der Waals surface area contributed by atoms with E-state index in [-0.39, 0.29) is 56.3 Å². The van der Waals surface area contributed by atoms with Gasteiger partial charge in [-0.05, 0) is 68.4 Å². The van der Waals surface area contributed by atoms with Crippen molar-refractivity contribution < 1.29 is 71.8 Å². The Morgan fingerprint density at radius 1 is 0.954 bits per heavy atom. The van der Waals surface area contributed by atoms with Gasteiger partial charge in [-0.1, -0.05) is 23.7 Å². The number of amides is 2. The summed E-state index contributed by atoms with van der Waals surface area (Å²) in [5, 5.41) is 18.2. The molecule has 3 aliphatic carbocycles. The first-order valence-corrected chi connectivity index (χ1v) is 21.7. The number of carbonyl (C=O) groups is 3. The van der Waals surface area contributed by atoms with E-state index in [0.29, 0.717) is 17.0 Å². The molecule has 2 amide bonds. The number of pyridine rings is 1. The minimum absolute atomic E-state index is 0.139. The second-order valence-electron chi connectivity index (χ2n) is 16.3. The molecule has 0 spiro atoms. The summed E-state index contributed by atoms with van der Waals surface area (Å²) in [7, 11) is -4.74. The quantitative estimate of drug-likeness (QED) is 0.118. The molecule has 2 aromatic carbocycles. The Hall–Kier alpha value is -5.78. The van der Waals surface area contributed by atoms with Gasteiger partial charge in [0.05, 0.1) is 39.8 Å². The Morgan fingerprint density at radius 3 is 2.20 bits per heavy atom. The predicted molar refractivity (Wildman–Crippen MR) is 208 cm³/mol. The lowest BCUT2D eigenvalue weighted by Crippen LogP contribution is -2.46. The number of hydrogen-bond donors (Lipinski definition) is 2. The van der Waals surface area contributed by atoms with Crippen molar-refractivity contribution in [1.29, 1.82) is 0 Å². The largest absolute Gasteiger partial charge is 0.481 e. The van der Waals surface area contributed by atoms with Crippen LogP contribution < -0.4 is 9.62 Å². The lowest BCUT2D eigenvalue weighted by atomic mass is 9.74. The number of carboxylic acids is 1. The summed E-state index contributed by atoms with van der Waals surface area (Å²) in [6, 6.07) is 5.62. The number of nitrogens with one attached hydrogen (secondary N) is 1. The third kappa shape index (κ3) is 8.49. The highest BCUT2D eigenvalue weighted by Crippen LogP contribution is 2.68. The standard InChI is InChI=1S/C40H32ClF10N7O6S/c1-16-3-4-22(23-5-6-26(41)30-32(23)57(15-38(44,45)46)55-35(30)58(65(2,63)64)36(60)18-10-19(11-18)37(61)62)31(52-16)27(9-17-7-20(42)12-21(43)8-17)53-28(59)14-56-34-29(33(54-56)40(49,50)51)24-13-25(24)39(34,47)48/h3-8,12,18-19,24-25,27H,9-11,13-15H2,1-2H3,(H,53,59)(H,61,62)/t18-,19-,24-,25+,27-/m0/s1. The van der Waals surface area contributed by atoms with Crippen molar-refractivity contribution in [2.45, 2.75) is 75.9 Å². The molecule has 2 saturated carbocycles. The number of fused-ring (bicyclic) bond motifs is 4.